The maximum Gasteiger partial charge on any atom is 0.486 e. The van der Waals surface area contributed by atoms with E-state index in [4.69, 9.17) is 13.7 Å². The molecule has 0 spiro atoms. The fraction of sp³-hybridized carbons (Fsp3) is 0.440. The number of hydrogen-bond donors (Lipinski definition) is 0. The van der Waals surface area contributed by atoms with E-state index >= 15 is 0 Å². The third kappa shape index (κ3) is 4.35. The van der Waals surface area contributed by atoms with Gasteiger partial charge in [-0.2, -0.15) is 0 Å². The van der Waals surface area contributed by atoms with Gasteiger partial charge in [-0.15, -0.1) is 0 Å². The van der Waals surface area contributed by atoms with Crippen LogP contribution in [0.1, 0.15) is 48.5 Å². The molecule has 0 N–H and O–H groups in total. The Hall–Kier alpha value is -1.66. The average molecular weight is 422 g/mol. The molecule has 0 unspecified atom stereocenters. The van der Waals surface area contributed by atoms with Crippen molar-refractivity contribution in [2.75, 3.05) is 6.61 Å². The van der Waals surface area contributed by atoms with Crippen molar-refractivity contribution in [3.8, 4) is 0 Å². The molecule has 0 atom stereocenters. The third-order valence-corrected chi connectivity index (χ3v) is 11.4. The van der Waals surface area contributed by atoms with E-state index in [9.17, 15) is 0 Å². The van der Waals surface area contributed by atoms with Crippen LogP contribution in [0.25, 0.3) is 0 Å². The van der Waals surface area contributed by atoms with Crippen LogP contribution in [0.2, 0.25) is 5.04 Å². The SMILES string of the molecule is CC1(C)OB(/C=C/CO[Si](c2ccccc2)(c2ccccc2)C(C)(C)C)OC1(C)C. The maximum absolute atomic E-state index is 6.87. The monoisotopic (exact) mass is 422 g/mol. The zero-order valence-corrected chi connectivity index (χ0v) is 20.4. The normalized spacial score (nSPS) is 18.8. The molecule has 3 nitrogen and oxygen atoms in total. The topological polar surface area (TPSA) is 27.7 Å². The molecule has 1 heterocycles. The summed E-state index contributed by atoms with van der Waals surface area (Å²) in [4.78, 5) is 0. The van der Waals surface area contributed by atoms with E-state index in [2.05, 4.69) is 109 Å². The molecule has 1 saturated heterocycles. The average Bonchev–Trinajstić information content (AvgIpc) is 2.89. The maximum atomic E-state index is 6.87. The summed E-state index contributed by atoms with van der Waals surface area (Å²) in [5.41, 5.74) is -0.665. The molecular formula is C25H35BO3Si. The summed E-state index contributed by atoms with van der Waals surface area (Å²) < 4.78 is 19.0. The molecule has 0 aliphatic carbocycles. The lowest BCUT2D eigenvalue weighted by Gasteiger charge is -2.42. The van der Waals surface area contributed by atoms with Gasteiger partial charge in [-0.3, -0.25) is 0 Å². The Kier molecular flexibility index (Phi) is 6.49. The summed E-state index contributed by atoms with van der Waals surface area (Å²) in [6, 6.07) is 21.4. The van der Waals surface area contributed by atoms with Gasteiger partial charge in [-0.05, 0) is 43.1 Å². The molecule has 1 aliphatic heterocycles. The molecule has 160 valence electrons. The van der Waals surface area contributed by atoms with Crippen LogP contribution in [-0.4, -0.2) is 33.2 Å². The van der Waals surface area contributed by atoms with Gasteiger partial charge < -0.3 is 13.7 Å². The van der Waals surface area contributed by atoms with E-state index in [1.165, 1.54) is 10.4 Å². The molecule has 1 fully saturated rings. The quantitative estimate of drug-likeness (QED) is 0.629. The Labute approximate surface area is 183 Å². The van der Waals surface area contributed by atoms with E-state index in [1.54, 1.807) is 0 Å². The first kappa shape index (κ1) is 23.0. The van der Waals surface area contributed by atoms with Crippen molar-refractivity contribution in [1.29, 1.82) is 0 Å². The van der Waals surface area contributed by atoms with Crippen molar-refractivity contribution in [1.82, 2.24) is 0 Å². The Bertz CT molecular complexity index is 801. The predicted molar refractivity (Wildman–Crippen MR) is 129 cm³/mol. The number of rotatable bonds is 6. The molecule has 5 heteroatoms. The molecular weight excluding hydrogens is 387 g/mol. The van der Waals surface area contributed by atoms with Crippen molar-refractivity contribution in [2.24, 2.45) is 0 Å². The lowest BCUT2D eigenvalue weighted by atomic mass is 9.90. The minimum absolute atomic E-state index is 0.0338. The summed E-state index contributed by atoms with van der Waals surface area (Å²) in [5, 5.41) is 2.54. The zero-order chi connectivity index (χ0) is 22.0. The second-order valence-corrected chi connectivity index (χ2v) is 14.3. The van der Waals surface area contributed by atoms with Crippen molar-refractivity contribution in [2.45, 2.75) is 64.7 Å². The zero-order valence-electron chi connectivity index (χ0n) is 19.4. The molecule has 0 amide bonds. The molecule has 2 aromatic rings. The first-order chi connectivity index (χ1) is 14.0. The molecule has 0 radical (unpaired) electrons. The highest BCUT2D eigenvalue weighted by molar-refractivity contribution is 6.99. The first-order valence-corrected chi connectivity index (χ1v) is 12.7. The molecule has 3 rings (SSSR count). The van der Waals surface area contributed by atoms with Crippen molar-refractivity contribution < 1.29 is 13.7 Å². The Morgan fingerprint density at radius 3 is 1.67 bits per heavy atom. The molecule has 30 heavy (non-hydrogen) atoms. The van der Waals surface area contributed by atoms with Gasteiger partial charge in [0.05, 0.1) is 17.8 Å². The van der Waals surface area contributed by atoms with Crippen LogP contribution in [0, 0.1) is 0 Å². The van der Waals surface area contributed by atoms with Crippen LogP contribution in [0.15, 0.2) is 72.7 Å². The fourth-order valence-corrected chi connectivity index (χ4v) is 8.57. The van der Waals surface area contributed by atoms with Crippen LogP contribution < -0.4 is 10.4 Å². The van der Waals surface area contributed by atoms with Gasteiger partial charge in [-0.25, -0.2) is 0 Å². The van der Waals surface area contributed by atoms with Crippen LogP contribution in [0.5, 0.6) is 0 Å². The second kappa shape index (κ2) is 8.47. The van der Waals surface area contributed by atoms with Gasteiger partial charge in [0, 0.05) is 0 Å². The predicted octanol–water partition coefficient (Wildman–Crippen LogP) is 4.75. The summed E-state index contributed by atoms with van der Waals surface area (Å²) in [5.74, 6) is 1.98. The first-order valence-electron chi connectivity index (χ1n) is 10.8. The van der Waals surface area contributed by atoms with E-state index in [1.807, 2.05) is 12.1 Å². The highest BCUT2D eigenvalue weighted by Gasteiger charge is 2.51. The van der Waals surface area contributed by atoms with E-state index in [0.717, 1.165) is 0 Å². The summed E-state index contributed by atoms with van der Waals surface area (Å²) in [6.45, 7) is 15.7. The van der Waals surface area contributed by atoms with Gasteiger partial charge in [0.1, 0.15) is 0 Å². The third-order valence-electron chi connectivity index (χ3n) is 6.38. The molecule has 0 bridgehead atoms. The minimum Gasteiger partial charge on any atom is -0.404 e. The van der Waals surface area contributed by atoms with Crippen LogP contribution in [0.3, 0.4) is 0 Å². The van der Waals surface area contributed by atoms with Gasteiger partial charge >= 0.3 is 7.12 Å². The number of benzene rings is 2. The lowest BCUT2D eigenvalue weighted by Crippen LogP contribution is -2.66. The lowest BCUT2D eigenvalue weighted by molar-refractivity contribution is 0.00578. The Balaban J connectivity index is 1.88. The smallest absolute Gasteiger partial charge is 0.404 e. The van der Waals surface area contributed by atoms with Crippen LogP contribution >= 0.6 is 0 Å². The van der Waals surface area contributed by atoms with Crippen LogP contribution in [-0.2, 0) is 13.7 Å². The van der Waals surface area contributed by atoms with Crippen molar-refractivity contribution >= 4 is 25.8 Å². The van der Waals surface area contributed by atoms with E-state index in [-0.39, 0.29) is 23.4 Å². The van der Waals surface area contributed by atoms with Crippen LogP contribution in [0.4, 0.5) is 0 Å². The van der Waals surface area contributed by atoms with Gasteiger partial charge in [0.2, 0.25) is 0 Å². The summed E-state index contributed by atoms with van der Waals surface area (Å²) in [6.07, 6.45) is 2.04. The highest BCUT2D eigenvalue weighted by Crippen LogP contribution is 2.38. The van der Waals surface area contributed by atoms with Gasteiger partial charge in [-0.1, -0.05) is 93.5 Å². The van der Waals surface area contributed by atoms with E-state index in [0.29, 0.717) is 6.61 Å². The largest absolute Gasteiger partial charge is 0.486 e. The molecule has 0 aromatic heterocycles. The molecule has 1 aliphatic rings. The minimum atomic E-state index is -2.52. The summed E-state index contributed by atoms with van der Waals surface area (Å²) >= 11 is 0. The number of hydrogen-bond acceptors (Lipinski definition) is 3. The Morgan fingerprint density at radius 2 is 1.27 bits per heavy atom. The second-order valence-electron chi connectivity index (χ2n) is 10.0. The van der Waals surface area contributed by atoms with E-state index < -0.39 is 8.32 Å². The Morgan fingerprint density at radius 1 is 0.833 bits per heavy atom. The molecule has 2 aromatic carbocycles. The highest BCUT2D eigenvalue weighted by atomic mass is 28.4. The fourth-order valence-electron chi connectivity index (χ4n) is 4.07. The van der Waals surface area contributed by atoms with Crippen molar-refractivity contribution in [3.05, 3.63) is 72.7 Å². The summed E-state index contributed by atoms with van der Waals surface area (Å²) in [7, 11) is -2.86. The standard InChI is InChI=1S/C25H35BO3Si/c1-23(2,3)30(21-15-10-8-11-16-21,22-17-12-9-13-18-22)27-20-14-19-26-28-24(4,5)25(6,7)29-26/h8-19H,20H2,1-7H3/b19-14+. The van der Waals surface area contributed by atoms with Gasteiger partial charge in [0.15, 0.2) is 0 Å². The molecule has 0 saturated carbocycles. The van der Waals surface area contributed by atoms with Crippen molar-refractivity contribution in [3.63, 3.8) is 0 Å². The van der Waals surface area contributed by atoms with Gasteiger partial charge in [0.25, 0.3) is 8.32 Å².